The van der Waals surface area contributed by atoms with Crippen LogP contribution in [0, 0.1) is 6.92 Å². The second-order valence-corrected chi connectivity index (χ2v) is 17.2. The van der Waals surface area contributed by atoms with Crippen molar-refractivity contribution < 1.29 is 24.5 Å². The molecule has 2 aromatic rings. The zero-order chi connectivity index (χ0) is 43.4. The summed E-state index contributed by atoms with van der Waals surface area (Å²) in [6.45, 7) is 20.9. The van der Waals surface area contributed by atoms with Gasteiger partial charge in [0.1, 0.15) is 12.4 Å². The van der Waals surface area contributed by atoms with Gasteiger partial charge in [-0.05, 0) is 140 Å². The molecule has 0 spiro atoms. The number of aliphatic hydroxyl groups is 2. The minimum Gasteiger partial charge on any atom is -0.507 e. The molecule has 3 aliphatic heterocycles. The number of aldehydes is 1. The largest absolute Gasteiger partial charge is 0.507 e. The topological polar surface area (TPSA) is 141 Å². The van der Waals surface area contributed by atoms with E-state index in [9.17, 15) is 19.8 Å². The molecule has 318 valence electrons. The quantitative estimate of drug-likeness (QED) is 0.0751. The molecule has 8 bridgehead atoms. The first kappa shape index (κ1) is 44.3. The highest BCUT2D eigenvalue weighted by atomic mass is 16.5. The van der Waals surface area contributed by atoms with Crippen LogP contribution in [0.25, 0.3) is 45.2 Å². The van der Waals surface area contributed by atoms with Crippen LogP contribution in [-0.4, -0.2) is 55.1 Å². The van der Waals surface area contributed by atoms with Crippen molar-refractivity contribution in [3.8, 4) is 0 Å². The highest BCUT2D eigenvalue weighted by Gasteiger charge is 2.35. The Labute approximate surface area is 355 Å². The van der Waals surface area contributed by atoms with Crippen LogP contribution in [0.2, 0.25) is 0 Å². The number of aromatic amines is 2. The van der Waals surface area contributed by atoms with Crippen molar-refractivity contribution in [3.05, 3.63) is 103 Å². The zero-order valence-corrected chi connectivity index (χ0v) is 37.4. The lowest BCUT2D eigenvalue weighted by Gasteiger charge is -2.18. The maximum Gasteiger partial charge on any atom is 0.306 e. The van der Waals surface area contributed by atoms with Crippen molar-refractivity contribution in [3.63, 3.8) is 0 Å². The molecule has 4 aliphatic rings. The van der Waals surface area contributed by atoms with Crippen LogP contribution in [0.5, 0.6) is 0 Å². The number of rotatable bonds is 16. The van der Waals surface area contributed by atoms with Gasteiger partial charge in [-0.25, -0.2) is 9.97 Å². The molecule has 0 saturated carbocycles. The van der Waals surface area contributed by atoms with Gasteiger partial charge < -0.3 is 24.9 Å². The van der Waals surface area contributed by atoms with Gasteiger partial charge in [-0.3, -0.25) is 9.59 Å². The molecule has 0 fully saturated rings. The number of esters is 1. The van der Waals surface area contributed by atoms with Crippen molar-refractivity contribution in [1.29, 1.82) is 0 Å². The van der Waals surface area contributed by atoms with Gasteiger partial charge in [0, 0.05) is 57.4 Å². The van der Waals surface area contributed by atoms with E-state index in [0.29, 0.717) is 47.5 Å². The summed E-state index contributed by atoms with van der Waals surface area (Å²) in [6.07, 6.45) is 15.4. The predicted molar refractivity (Wildman–Crippen MR) is 246 cm³/mol. The zero-order valence-electron chi connectivity index (χ0n) is 37.4. The summed E-state index contributed by atoms with van der Waals surface area (Å²) in [4.78, 5) is 43.7. The Balaban J connectivity index is 1.39. The molecule has 1 unspecified atom stereocenters. The SMILES string of the molecule is CCCC1=C(C=O)c2cc3nc(c(C)c4[nH]c(c5c6[nH]c(cc1n2)c(CC)c6C(O)=C5)[C@@H](CCC(=O)OC/C=C(\C)CC/C=C(\C)CCC=C(C)C)[C@@H]4C)C(C)=C3C(C)O. The third-order valence-corrected chi connectivity index (χ3v) is 12.5. The summed E-state index contributed by atoms with van der Waals surface area (Å²) in [5, 5.41) is 22.7. The van der Waals surface area contributed by atoms with E-state index in [1.54, 1.807) is 6.92 Å². The molecule has 9 nitrogen and oxygen atoms in total. The Morgan fingerprint density at radius 2 is 1.65 bits per heavy atom. The number of fused-ring (bicyclic) bond motifs is 8. The van der Waals surface area contributed by atoms with Crippen molar-refractivity contribution in [2.45, 2.75) is 145 Å². The number of allylic oxidation sites excluding steroid dienone is 8. The molecule has 0 amide bonds. The first-order valence-corrected chi connectivity index (χ1v) is 21.9. The van der Waals surface area contributed by atoms with E-state index in [0.717, 1.165) is 99.9 Å². The number of hydrogen-bond donors (Lipinski definition) is 4. The first-order chi connectivity index (χ1) is 28.7. The number of nitrogens with zero attached hydrogens (tertiary/aromatic N) is 2. The van der Waals surface area contributed by atoms with Crippen molar-refractivity contribution in [2.75, 3.05) is 6.61 Å². The average molecular weight is 813 g/mol. The highest BCUT2D eigenvalue weighted by Crippen LogP contribution is 2.47. The van der Waals surface area contributed by atoms with Gasteiger partial charge in [0.05, 0.1) is 34.4 Å². The normalized spacial score (nSPS) is 17.6. The Kier molecular flexibility index (Phi) is 14.0. The summed E-state index contributed by atoms with van der Waals surface area (Å²) in [7, 11) is 0. The van der Waals surface area contributed by atoms with Crippen LogP contribution < -0.4 is 0 Å². The fraction of sp³-hybridized carbons (Fsp3) is 0.451. The van der Waals surface area contributed by atoms with Crippen LogP contribution in [0.15, 0.2) is 47.1 Å². The number of aryl methyl sites for hydroxylation is 1. The summed E-state index contributed by atoms with van der Waals surface area (Å²) >= 11 is 0. The number of carbonyl (C=O) groups excluding carboxylic acids is 2. The molecular weight excluding hydrogens is 749 g/mol. The van der Waals surface area contributed by atoms with Gasteiger partial charge in [0.15, 0.2) is 6.29 Å². The van der Waals surface area contributed by atoms with E-state index in [1.165, 1.54) is 16.7 Å². The number of aliphatic hydroxyl groups excluding tert-OH is 2. The van der Waals surface area contributed by atoms with Crippen molar-refractivity contribution in [1.82, 2.24) is 19.9 Å². The van der Waals surface area contributed by atoms with Crippen LogP contribution >= 0.6 is 0 Å². The molecule has 6 rings (SSSR count). The standard InChI is InChI=1S/C51H64N4O5/c1-11-15-37-39(27-56)42-26-43-46(34(10)57)32(8)49(54-43)33(9)48-31(7)36(20-21-45(59)60-23-22-30(6)19-14-18-29(5)17-13-16-28(3)4)50(55-48)38-24-44(58)47-35(12-2)40(53-51(38)47)25-41(37)52-42/h16,18,22,24-27,31,34,36,53,55,57-58H,11-15,17,19-21,23H2,1-10H3/b29-18+,30-22+,41-25?,43-26?,48-33?,50-38?/t31-,34?,36-/m0/s1. The maximum atomic E-state index is 13.3. The number of H-pyrrole nitrogens is 2. The Morgan fingerprint density at radius 1 is 0.933 bits per heavy atom. The van der Waals surface area contributed by atoms with Gasteiger partial charge in [-0.2, -0.15) is 0 Å². The number of hydrogen-bond acceptors (Lipinski definition) is 7. The van der Waals surface area contributed by atoms with Gasteiger partial charge in [-0.15, -0.1) is 0 Å². The van der Waals surface area contributed by atoms with E-state index >= 15 is 0 Å². The molecular formula is C51H64N4O5. The minimum absolute atomic E-state index is 0.0430. The lowest BCUT2D eigenvalue weighted by atomic mass is 9.84. The molecule has 3 atom stereocenters. The smallest absolute Gasteiger partial charge is 0.306 e. The van der Waals surface area contributed by atoms with E-state index < -0.39 is 6.10 Å². The summed E-state index contributed by atoms with van der Waals surface area (Å²) < 4.78 is 5.76. The Hall–Kier alpha value is -5.28. The first-order valence-electron chi connectivity index (χ1n) is 21.9. The average Bonchev–Trinajstić information content (AvgIpc) is 3.97. The van der Waals surface area contributed by atoms with Gasteiger partial charge in [0.2, 0.25) is 0 Å². The van der Waals surface area contributed by atoms with Crippen LogP contribution in [0.1, 0.15) is 182 Å². The van der Waals surface area contributed by atoms with Crippen LogP contribution in [-0.2, 0) is 20.7 Å². The Bertz CT molecular complexity index is 2440. The Morgan fingerprint density at radius 3 is 2.32 bits per heavy atom. The van der Waals surface area contributed by atoms with Crippen LogP contribution in [0.4, 0.5) is 0 Å². The molecule has 5 heterocycles. The molecule has 0 radical (unpaired) electrons. The highest BCUT2D eigenvalue weighted by molar-refractivity contribution is 6.18. The molecule has 1 aliphatic carbocycles. The van der Waals surface area contributed by atoms with Gasteiger partial charge in [0.25, 0.3) is 0 Å². The summed E-state index contributed by atoms with van der Waals surface area (Å²) in [5.74, 6) is -0.205. The third kappa shape index (κ3) is 9.07. The predicted octanol–water partition coefficient (Wildman–Crippen LogP) is 12.1. The molecule has 9 heteroatoms. The molecule has 0 saturated heterocycles. The van der Waals surface area contributed by atoms with Crippen molar-refractivity contribution >= 4 is 57.4 Å². The van der Waals surface area contributed by atoms with E-state index in [1.807, 2.05) is 38.1 Å². The maximum absolute atomic E-state index is 13.3. The molecule has 0 aromatic carbocycles. The van der Waals surface area contributed by atoms with Crippen molar-refractivity contribution in [2.24, 2.45) is 0 Å². The van der Waals surface area contributed by atoms with Gasteiger partial charge in [-0.1, -0.05) is 56.1 Å². The van der Waals surface area contributed by atoms with Crippen LogP contribution in [0.3, 0.4) is 0 Å². The van der Waals surface area contributed by atoms with Gasteiger partial charge >= 0.3 is 5.97 Å². The number of nitrogens with one attached hydrogen (secondary N) is 2. The number of carbonyl (C=O) groups is 2. The monoisotopic (exact) mass is 812 g/mol. The third-order valence-electron chi connectivity index (χ3n) is 12.5. The number of aromatic nitrogens is 4. The van der Waals surface area contributed by atoms with E-state index in [4.69, 9.17) is 14.7 Å². The molecule has 2 aromatic heterocycles. The number of ether oxygens (including phenoxy) is 1. The fourth-order valence-electron chi connectivity index (χ4n) is 9.29. The molecule has 4 N–H and O–H groups in total. The lowest BCUT2D eigenvalue weighted by molar-refractivity contribution is -0.142. The summed E-state index contributed by atoms with van der Waals surface area (Å²) in [5.41, 5.74) is 16.5. The minimum atomic E-state index is -0.810. The van der Waals surface area contributed by atoms with E-state index in [2.05, 4.69) is 70.6 Å². The second-order valence-electron chi connectivity index (χ2n) is 17.2. The summed E-state index contributed by atoms with van der Waals surface area (Å²) in [6, 6.07) is 3.83. The van der Waals surface area contributed by atoms with E-state index in [-0.39, 0.29) is 36.6 Å². The second kappa shape index (κ2) is 19.0. The fourth-order valence-corrected chi connectivity index (χ4v) is 9.29. The molecule has 60 heavy (non-hydrogen) atoms. The lowest BCUT2D eigenvalue weighted by Crippen LogP contribution is -2.10.